The van der Waals surface area contributed by atoms with Gasteiger partial charge in [0.1, 0.15) is 6.10 Å². The molecule has 0 radical (unpaired) electrons. The largest absolute Gasteiger partial charge is 0.481 e. The summed E-state index contributed by atoms with van der Waals surface area (Å²) in [6.07, 6.45) is 11.6. The summed E-state index contributed by atoms with van der Waals surface area (Å²) in [7, 11) is 0. The molecular weight excluding hydrogens is 652 g/mol. The van der Waals surface area contributed by atoms with Crippen molar-refractivity contribution in [2.45, 2.75) is 159 Å². The number of esters is 1. The number of carboxylic acids is 1. The van der Waals surface area contributed by atoms with Crippen molar-refractivity contribution in [2.24, 2.45) is 50.2 Å². The Morgan fingerprint density at radius 2 is 1.69 bits per heavy atom. The molecule has 0 bridgehead atoms. The van der Waals surface area contributed by atoms with Gasteiger partial charge in [-0.1, -0.05) is 67.4 Å². The van der Waals surface area contributed by atoms with E-state index in [1.807, 2.05) is 12.1 Å². The predicted molar refractivity (Wildman–Crippen MR) is 204 cm³/mol. The van der Waals surface area contributed by atoms with Crippen LogP contribution in [0.1, 0.15) is 145 Å². The summed E-state index contributed by atoms with van der Waals surface area (Å²) < 4.78 is 6.18. The number of nitrogens with one attached hydrogen (secondary N) is 1. The number of Topliss-reactive ketones (excluding diaryl/α,β-unsaturated/α-hetero) is 1. The lowest BCUT2D eigenvalue weighted by molar-refractivity contribution is -0.214. The lowest BCUT2D eigenvalue weighted by Crippen LogP contribution is -2.62. The van der Waals surface area contributed by atoms with E-state index in [2.05, 4.69) is 65.7 Å². The lowest BCUT2D eigenvalue weighted by Gasteiger charge is -2.68. The van der Waals surface area contributed by atoms with E-state index < -0.39 is 28.9 Å². The van der Waals surface area contributed by atoms with E-state index in [0.717, 1.165) is 68.9 Å². The number of carbonyl (C=O) groups excluding carboxylic acids is 2. The van der Waals surface area contributed by atoms with Gasteiger partial charge in [0.15, 0.2) is 5.78 Å². The molecule has 3 fully saturated rings. The minimum Gasteiger partial charge on any atom is -0.481 e. The Kier molecular flexibility index (Phi) is 11.4. The minimum atomic E-state index is -1.17. The summed E-state index contributed by atoms with van der Waals surface area (Å²) in [4.78, 5) is 42.9. The van der Waals surface area contributed by atoms with Crippen molar-refractivity contribution in [3.8, 4) is 0 Å². The molecule has 290 valence electrons. The fraction of sp³-hybridized carbons (Fsp3) is 0.773. The molecule has 8 heteroatoms. The molecule has 3 N–H and O–H groups in total. The minimum absolute atomic E-state index is 0.0107. The number of aliphatic hydroxyl groups excluding tert-OH is 1. The van der Waals surface area contributed by atoms with Crippen molar-refractivity contribution in [3.63, 3.8) is 0 Å². The Morgan fingerprint density at radius 3 is 2.31 bits per heavy atom. The quantitative estimate of drug-likeness (QED) is 0.173. The van der Waals surface area contributed by atoms with Gasteiger partial charge in [-0.2, -0.15) is 0 Å². The molecule has 0 unspecified atom stereocenters. The van der Waals surface area contributed by atoms with Crippen molar-refractivity contribution in [2.75, 3.05) is 6.54 Å². The zero-order chi connectivity index (χ0) is 38.5. The third kappa shape index (κ3) is 6.93. The van der Waals surface area contributed by atoms with Crippen molar-refractivity contribution >= 4 is 17.7 Å². The maximum absolute atomic E-state index is 13.9. The molecule has 0 amide bonds. The number of rotatable bonds is 13. The van der Waals surface area contributed by atoms with Gasteiger partial charge >= 0.3 is 11.9 Å². The molecule has 1 heterocycles. The van der Waals surface area contributed by atoms with E-state index in [-0.39, 0.29) is 45.9 Å². The smallest absolute Gasteiger partial charge is 0.309 e. The first-order valence-electron chi connectivity index (χ1n) is 20.2. The number of ketones is 1. The highest BCUT2D eigenvalue weighted by Gasteiger charge is 2.66. The average molecular weight is 721 g/mol. The molecule has 0 aromatic carbocycles. The summed E-state index contributed by atoms with van der Waals surface area (Å²) in [6, 6.07) is 3.97. The summed E-state index contributed by atoms with van der Waals surface area (Å²) in [5, 5.41) is 25.1. The molecule has 1 aromatic heterocycles. The number of aromatic nitrogens is 1. The second-order valence-corrected chi connectivity index (χ2v) is 19.6. The van der Waals surface area contributed by atoms with Gasteiger partial charge in [-0.25, -0.2) is 0 Å². The average Bonchev–Trinajstić information content (AvgIpc) is 3.36. The van der Waals surface area contributed by atoms with Crippen molar-refractivity contribution < 1.29 is 29.3 Å². The highest BCUT2D eigenvalue weighted by Crippen LogP contribution is 2.73. The van der Waals surface area contributed by atoms with E-state index in [0.29, 0.717) is 31.3 Å². The number of allylic oxidation sites excluding steroid dienone is 1. The Labute approximate surface area is 313 Å². The van der Waals surface area contributed by atoms with E-state index in [9.17, 15) is 24.6 Å². The first kappa shape index (κ1) is 40.6. The van der Waals surface area contributed by atoms with Crippen LogP contribution in [0, 0.1) is 50.2 Å². The lowest BCUT2D eigenvalue weighted by atomic mass is 9.37. The number of carboxylic acid groups (broad SMARTS) is 1. The maximum atomic E-state index is 13.9. The Hall–Kier alpha value is -2.58. The van der Waals surface area contributed by atoms with Crippen LogP contribution >= 0.6 is 0 Å². The molecule has 52 heavy (non-hydrogen) atoms. The van der Waals surface area contributed by atoms with E-state index >= 15 is 0 Å². The zero-order valence-corrected chi connectivity index (χ0v) is 33.9. The van der Waals surface area contributed by atoms with Crippen LogP contribution < -0.4 is 5.32 Å². The van der Waals surface area contributed by atoms with Crippen LogP contribution in [0.2, 0.25) is 0 Å². The SMILES string of the molecule is CCC[C@@H]1[C@@]2(C)CC[C@H](OC(=O)CC(C)(C)C(=O)O)C(C)(C)[C@@H]2CC[C@@]1(C)[C@]1(C)CC[C@@]2([C@@H](O)CNCc3ccncc3)CC(=O)C(C(C)C)=C2C1. The number of aliphatic hydroxyl groups is 1. The van der Waals surface area contributed by atoms with E-state index in [1.165, 1.54) is 5.57 Å². The normalized spacial score (nSPS) is 35.2. The maximum Gasteiger partial charge on any atom is 0.309 e. The van der Waals surface area contributed by atoms with Crippen LogP contribution in [-0.2, 0) is 25.7 Å². The molecule has 0 saturated heterocycles. The second kappa shape index (κ2) is 14.6. The van der Waals surface area contributed by atoms with Gasteiger partial charge in [0.25, 0.3) is 0 Å². The highest BCUT2D eigenvalue weighted by molar-refractivity contribution is 6.00. The molecule has 4 aliphatic rings. The van der Waals surface area contributed by atoms with Gasteiger partial charge in [0.05, 0.1) is 17.9 Å². The molecule has 0 spiro atoms. The summed E-state index contributed by atoms with van der Waals surface area (Å²) in [5.41, 5.74) is 1.34. The number of pyridine rings is 1. The van der Waals surface area contributed by atoms with Gasteiger partial charge < -0.3 is 20.3 Å². The number of hydrogen-bond donors (Lipinski definition) is 3. The van der Waals surface area contributed by atoms with Gasteiger partial charge in [-0.05, 0) is 122 Å². The third-order valence-electron chi connectivity index (χ3n) is 15.4. The van der Waals surface area contributed by atoms with Crippen molar-refractivity contribution in [3.05, 3.63) is 41.2 Å². The fourth-order valence-electron chi connectivity index (χ4n) is 12.1. The van der Waals surface area contributed by atoms with E-state index in [1.54, 1.807) is 26.2 Å². The molecule has 3 saturated carbocycles. The predicted octanol–water partition coefficient (Wildman–Crippen LogP) is 8.71. The fourth-order valence-corrected chi connectivity index (χ4v) is 12.1. The van der Waals surface area contributed by atoms with Gasteiger partial charge in [-0.15, -0.1) is 0 Å². The highest BCUT2D eigenvalue weighted by atomic mass is 16.5. The number of ether oxygens (including phenoxy) is 1. The molecular formula is C44H68N2O6. The van der Waals surface area contributed by atoms with Gasteiger partial charge in [0, 0.05) is 42.7 Å². The summed E-state index contributed by atoms with van der Waals surface area (Å²) >= 11 is 0. The number of fused-ring (bicyclic) bond motifs is 2. The van der Waals surface area contributed by atoms with Crippen LogP contribution in [0.3, 0.4) is 0 Å². The standard InChI is InChI=1S/C44H68N2O6/c1-11-12-33-42(9)17-14-35(52-36(49)25-39(4,5)38(50)51)40(6,7)32(42)13-18-43(33,10)41(8)19-20-44(24-31(47)37(28(2)3)30(44)23-41)34(48)27-46-26-29-15-21-45-22-16-29/h15-16,21-22,28,32-35,46,48H,11-14,17-20,23-27H2,1-10H3,(H,50,51)/t32-,33+,34-,35-,41+,42-,43+,44+/m0/s1. The molecule has 8 nitrogen and oxygen atoms in total. The first-order chi connectivity index (χ1) is 24.2. The summed E-state index contributed by atoms with van der Waals surface area (Å²) in [5.74, 6) is -0.302. The topological polar surface area (TPSA) is 126 Å². The van der Waals surface area contributed by atoms with Crippen molar-refractivity contribution in [1.29, 1.82) is 0 Å². The Morgan fingerprint density at radius 1 is 1.02 bits per heavy atom. The molecule has 8 atom stereocenters. The molecule has 0 aliphatic heterocycles. The van der Waals surface area contributed by atoms with E-state index in [4.69, 9.17) is 4.74 Å². The van der Waals surface area contributed by atoms with Crippen LogP contribution in [0.15, 0.2) is 35.7 Å². The van der Waals surface area contributed by atoms with Crippen molar-refractivity contribution in [1.82, 2.24) is 10.3 Å². The number of aliphatic carboxylic acids is 1. The van der Waals surface area contributed by atoms with Crippen LogP contribution in [0.5, 0.6) is 0 Å². The monoisotopic (exact) mass is 721 g/mol. The number of nitrogens with zero attached hydrogens (tertiary/aromatic N) is 1. The molecule has 5 rings (SSSR count). The van der Waals surface area contributed by atoms with Gasteiger partial charge in [0.2, 0.25) is 0 Å². The van der Waals surface area contributed by atoms with Crippen LogP contribution in [-0.4, -0.2) is 51.7 Å². The third-order valence-corrected chi connectivity index (χ3v) is 15.4. The van der Waals surface area contributed by atoms with Crippen LogP contribution in [0.25, 0.3) is 0 Å². The number of hydrogen-bond acceptors (Lipinski definition) is 7. The summed E-state index contributed by atoms with van der Waals surface area (Å²) in [6.45, 7) is 22.9. The first-order valence-corrected chi connectivity index (χ1v) is 20.2. The zero-order valence-electron chi connectivity index (χ0n) is 33.9. The Balaban J connectivity index is 1.42. The van der Waals surface area contributed by atoms with Crippen LogP contribution in [0.4, 0.5) is 0 Å². The molecule has 1 aromatic rings. The van der Waals surface area contributed by atoms with Gasteiger partial charge in [-0.3, -0.25) is 19.4 Å². The number of carbonyl (C=O) groups is 3. The Bertz CT molecular complexity index is 1530. The second-order valence-electron chi connectivity index (χ2n) is 19.6. The molecule has 4 aliphatic carbocycles.